The van der Waals surface area contributed by atoms with Gasteiger partial charge in [0, 0.05) is 18.3 Å². The van der Waals surface area contributed by atoms with Crippen molar-refractivity contribution in [2.45, 2.75) is 6.92 Å². The van der Waals surface area contributed by atoms with Crippen LogP contribution >= 0.6 is 34.2 Å². The fourth-order valence-corrected chi connectivity index (χ4v) is 2.10. The number of nitrogens with zero attached hydrogens (tertiary/aromatic N) is 2. The van der Waals surface area contributed by atoms with Gasteiger partial charge in [0.1, 0.15) is 5.82 Å². The summed E-state index contributed by atoms with van der Waals surface area (Å²) < 4.78 is 1.00. The Kier molecular flexibility index (Phi) is 4.17. The zero-order valence-corrected chi connectivity index (χ0v) is 12.2. The van der Waals surface area contributed by atoms with Gasteiger partial charge in [-0.1, -0.05) is 23.7 Å². The van der Waals surface area contributed by atoms with E-state index in [2.05, 4.69) is 37.9 Å². The zero-order valence-electron chi connectivity index (χ0n) is 9.24. The zero-order chi connectivity index (χ0) is 12.3. The first-order chi connectivity index (χ1) is 8.22. The minimum atomic E-state index is 0.645. The van der Waals surface area contributed by atoms with Crippen molar-refractivity contribution < 1.29 is 0 Å². The van der Waals surface area contributed by atoms with Gasteiger partial charge < -0.3 is 5.32 Å². The first-order valence-electron chi connectivity index (χ1n) is 5.23. The van der Waals surface area contributed by atoms with Crippen LogP contribution in [0, 0.1) is 3.57 Å². The van der Waals surface area contributed by atoms with E-state index >= 15 is 0 Å². The molecule has 0 aliphatic heterocycles. The van der Waals surface area contributed by atoms with E-state index in [1.165, 1.54) is 0 Å². The van der Waals surface area contributed by atoms with E-state index in [4.69, 9.17) is 11.6 Å². The molecular formula is C12H11ClIN3. The maximum absolute atomic E-state index is 6.13. The van der Waals surface area contributed by atoms with Gasteiger partial charge in [-0.2, -0.15) is 0 Å². The van der Waals surface area contributed by atoms with Crippen LogP contribution in [0.5, 0.6) is 0 Å². The molecule has 1 aromatic carbocycles. The lowest BCUT2D eigenvalue weighted by atomic mass is 10.2. The standard InChI is InChI=1S/C12H11ClIN3/c1-2-15-12-10(14)7-16-11(17-12)8-5-3-4-6-9(8)13/h3-7H,2H2,1H3,(H,15,16,17). The highest BCUT2D eigenvalue weighted by molar-refractivity contribution is 14.1. The predicted molar refractivity (Wildman–Crippen MR) is 79.4 cm³/mol. The molecule has 0 aliphatic carbocycles. The van der Waals surface area contributed by atoms with Gasteiger partial charge in [0.25, 0.3) is 0 Å². The van der Waals surface area contributed by atoms with Crippen LogP contribution in [0.15, 0.2) is 30.5 Å². The molecule has 3 nitrogen and oxygen atoms in total. The first kappa shape index (κ1) is 12.6. The summed E-state index contributed by atoms with van der Waals surface area (Å²) in [5.74, 6) is 1.49. The highest BCUT2D eigenvalue weighted by Crippen LogP contribution is 2.26. The van der Waals surface area contributed by atoms with Crippen LogP contribution in [0.4, 0.5) is 5.82 Å². The van der Waals surface area contributed by atoms with Gasteiger partial charge in [-0.05, 0) is 41.6 Å². The molecule has 0 saturated heterocycles. The molecule has 5 heteroatoms. The number of hydrogen-bond donors (Lipinski definition) is 1. The first-order valence-corrected chi connectivity index (χ1v) is 6.69. The van der Waals surface area contributed by atoms with E-state index in [9.17, 15) is 0 Å². The lowest BCUT2D eigenvalue weighted by Crippen LogP contribution is -2.03. The molecule has 0 unspecified atom stereocenters. The molecule has 1 N–H and O–H groups in total. The molecule has 0 fully saturated rings. The Morgan fingerprint density at radius 3 is 2.82 bits per heavy atom. The average Bonchev–Trinajstić information content (AvgIpc) is 2.33. The van der Waals surface area contributed by atoms with E-state index in [-0.39, 0.29) is 0 Å². The number of aromatic nitrogens is 2. The third-order valence-electron chi connectivity index (χ3n) is 2.20. The van der Waals surface area contributed by atoms with E-state index < -0.39 is 0 Å². The van der Waals surface area contributed by atoms with Gasteiger partial charge in [0.15, 0.2) is 5.82 Å². The van der Waals surface area contributed by atoms with E-state index in [0.29, 0.717) is 10.8 Å². The lowest BCUT2D eigenvalue weighted by molar-refractivity contribution is 1.10. The number of hydrogen-bond acceptors (Lipinski definition) is 3. The minimum Gasteiger partial charge on any atom is -0.369 e. The van der Waals surface area contributed by atoms with E-state index in [0.717, 1.165) is 21.5 Å². The van der Waals surface area contributed by atoms with Gasteiger partial charge >= 0.3 is 0 Å². The van der Waals surface area contributed by atoms with Gasteiger partial charge in [0.2, 0.25) is 0 Å². The Balaban J connectivity index is 2.46. The molecule has 1 heterocycles. The highest BCUT2D eigenvalue weighted by atomic mass is 127. The smallest absolute Gasteiger partial charge is 0.163 e. The number of halogens is 2. The molecule has 0 bridgehead atoms. The summed E-state index contributed by atoms with van der Waals surface area (Å²) in [6, 6.07) is 7.57. The molecule has 0 radical (unpaired) electrons. The Hall–Kier alpha value is -0.880. The average molecular weight is 360 g/mol. The molecule has 0 aliphatic rings. The Bertz CT molecular complexity index is 531. The fourth-order valence-electron chi connectivity index (χ4n) is 1.43. The predicted octanol–water partition coefficient (Wildman–Crippen LogP) is 3.83. The van der Waals surface area contributed by atoms with Crippen LogP contribution < -0.4 is 5.32 Å². The van der Waals surface area contributed by atoms with E-state index in [1.807, 2.05) is 31.2 Å². The molecule has 2 rings (SSSR count). The molecule has 88 valence electrons. The highest BCUT2D eigenvalue weighted by Gasteiger charge is 2.08. The van der Waals surface area contributed by atoms with Crippen LogP contribution in [0.3, 0.4) is 0 Å². The number of rotatable bonds is 3. The van der Waals surface area contributed by atoms with Crippen LogP contribution in [-0.2, 0) is 0 Å². The maximum Gasteiger partial charge on any atom is 0.163 e. The second kappa shape index (κ2) is 5.64. The molecule has 2 aromatic rings. The van der Waals surface area contributed by atoms with Crippen LogP contribution in [0.25, 0.3) is 11.4 Å². The molecule has 1 aromatic heterocycles. The topological polar surface area (TPSA) is 37.8 Å². The molecule has 0 saturated carbocycles. The largest absolute Gasteiger partial charge is 0.369 e. The SMILES string of the molecule is CCNc1nc(-c2ccccc2Cl)ncc1I. The Labute approximate surface area is 119 Å². The van der Waals surface area contributed by atoms with Crippen molar-refractivity contribution in [3.8, 4) is 11.4 Å². The third kappa shape index (κ3) is 2.87. The van der Waals surface area contributed by atoms with Gasteiger partial charge in [-0.15, -0.1) is 0 Å². The quantitative estimate of drug-likeness (QED) is 0.846. The monoisotopic (exact) mass is 359 g/mol. The third-order valence-corrected chi connectivity index (χ3v) is 3.32. The summed E-state index contributed by atoms with van der Waals surface area (Å²) in [5.41, 5.74) is 0.852. The van der Waals surface area contributed by atoms with Crippen LogP contribution in [-0.4, -0.2) is 16.5 Å². The summed E-state index contributed by atoms with van der Waals surface area (Å²) in [4.78, 5) is 8.79. The van der Waals surface area contributed by atoms with Gasteiger partial charge in [0.05, 0.1) is 8.59 Å². The van der Waals surface area contributed by atoms with Crippen LogP contribution in [0.2, 0.25) is 5.02 Å². The summed E-state index contributed by atoms with van der Waals surface area (Å²) in [5, 5.41) is 3.87. The maximum atomic E-state index is 6.13. The van der Waals surface area contributed by atoms with Gasteiger partial charge in [-0.3, -0.25) is 0 Å². The number of nitrogens with one attached hydrogen (secondary N) is 1. The van der Waals surface area contributed by atoms with Crippen molar-refractivity contribution in [3.63, 3.8) is 0 Å². The molecule has 0 amide bonds. The van der Waals surface area contributed by atoms with Crippen molar-refractivity contribution in [2.75, 3.05) is 11.9 Å². The van der Waals surface area contributed by atoms with Crippen molar-refractivity contribution in [2.24, 2.45) is 0 Å². The number of anilines is 1. The summed E-state index contributed by atoms with van der Waals surface area (Å²) in [6.45, 7) is 2.86. The summed E-state index contributed by atoms with van der Waals surface area (Å²) in [6.07, 6.45) is 1.80. The molecule has 17 heavy (non-hydrogen) atoms. The lowest BCUT2D eigenvalue weighted by Gasteiger charge is -2.08. The van der Waals surface area contributed by atoms with Crippen molar-refractivity contribution in [1.82, 2.24) is 9.97 Å². The summed E-state index contributed by atoms with van der Waals surface area (Å²) in [7, 11) is 0. The minimum absolute atomic E-state index is 0.645. The van der Waals surface area contributed by atoms with Crippen molar-refractivity contribution in [3.05, 3.63) is 39.1 Å². The van der Waals surface area contributed by atoms with E-state index in [1.54, 1.807) is 6.20 Å². The Morgan fingerprint density at radius 1 is 1.35 bits per heavy atom. The normalized spacial score (nSPS) is 10.3. The molecule has 0 spiro atoms. The Morgan fingerprint density at radius 2 is 2.12 bits per heavy atom. The second-order valence-corrected chi connectivity index (χ2v) is 4.97. The number of benzene rings is 1. The second-order valence-electron chi connectivity index (χ2n) is 3.40. The van der Waals surface area contributed by atoms with Gasteiger partial charge in [-0.25, -0.2) is 9.97 Å². The summed E-state index contributed by atoms with van der Waals surface area (Å²) >= 11 is 8.33. The molecule has 0 atom stereocenters. The molecular weight excluding hydrogens is 349 g/mol. The van der Waals surface area contributed by atoms with Crippen LogP contribution in [0.1, 0.15) is 6.92 Å². The fraction of sp³-hybridized carbons (Fsp3) is 0.167. The van der Waals surface area contributed by atoms with Crippen molar-refractivity contribution >= 4 is 40.0 Å². The van der Waals surface area contributed by atoms with Crippen molar-refractivity contribution in [1.29, 1.82) is 0 Å².